The van der Waals surface area contributed by atoms with E-state index < -0.39 is 0 Å². The number of aromatic nitrogens is 5. The molecule has 0 N–H and O–H groups in total. The Balaban J connectivity index is 1.30. The van der Waals surface area contributed by atoms with Crippen LogP contribution in [-0.4, -0.2) is 75.3 Å². The summed E-state index contributed by atoms with van der Waals surface area (Å²) in [5.41, 5.74) is 2.67. The van der Waals surface area contributed by atoms with Crippen molar-refractivity contribution in [1.82, 2.24) is 29.7 Å². The van der Waals surface area contributed by atoms with Crippen LogP contribution in [0.1, 0.15) is 24.6 Å². The molecule has 3 aromatic rings. The normalized spacial score (nSPS) is 21.9. The Bertz CT molecular complexity index is 917. The first-order valence-electron chi connectivity index (χ1n) is 9.91. The second kappa shape index (κ2) is 7.90. The smallest absolute Gasteiger partial charge is 0.177 e. The van der Waals surface area contributed by atoms with E-state index in [-0.39, 0.29) is 6.10 Å². The van der Waals surface area contributed by atoms with Crippen LogP contribution in [-0.2, 0) is 9.47 Å². The van der Waals surface area contributed by atoms with Gasteiger partial charge in [0, 0.05) is 30.4 Å². The van der Waals surface area contributed by atoms with Gasteiger partial charge in [0.05, 0.1) is 31.6 Å². The largest absolute Gasteiger partial charge is 0.376 e. The molecule has 28 heavy (non-hydrogen) atoms. The number of hydrogen-bond donors (Lipinski definition) is 0. The van der Waals surface area contributed by atoms with Crippen molar-refractivity contribution >= 4 is 5.65 Å². The van der Waals surface area contributed by atoms with Gasteiger partial charge in [-0.05, 0) is 50.2 Å². The van der Waals surface area contributed by atoms with E-state index in [0.717, 1.165) is 55.2 Å². The van der Waals surface area contributed by atoms with Gasteiger partial charge >= 0.3 is 0 Å². The number of hydrogen-bond acceptors (Lipinski definition) is 7. The molecule has 146 valence electrons. The van der Waals surface area contributed by atoms with Gasteiger partial charge in [-0.25, -0.2) is 0 Å². The predicted molar refractivity (Wildman–Crippen MR) is 103 cm³/mol. The third-order valence-corrected chi connectivity index (χ3v) is 5.54. The lowest BCUT2D eigenvalue weighted by Gasteiger charge is -2.34. The Kier molecular flexibility index (Phi) is 4.99. The van der Waals surface area contributed by atoms with Crippen LogP contribution in [0, 0.1) is 0 Å². The van der Waals surface area contributed by atoms with Gasteiger partial charge in [-0.3, -0.25) is 4.98 Å². The number of piperidine rings is 1. The van der Waals surface area contributed by atoms with Crippen molar-refractivity contribution < 1.29 is 9.47 Å². The number of fused-ring (bicyclic) bond motifs is 1. The highest BCUT2D eigenvalue weighted by Crippen LogP contribution is 2.27. The monoisotopic (exact) mass is 380 g/mol. The lowest BCUT2D eigenvalue weighted by molar-refractivity contribution is -0.0988. The number of ether oxygens (including phenoxy) is 2. The Labute approximate surface area is 163 Å². The average molecular weight is 380 g/mol. The summed E-state index contributed by atoms with van der Waals surface area (Å²) in [6.07, 6.45) is 5.89. The van der Waals surface area contributed by atoms with E-state index in [4.69, 9.17) is 14.6 Å². The minimum absolute atomic E-state index is 0.197. The van der Waals surface area contributed by atoms with Crippen LogP contribution in [0.5, 0.6) is 0 Å². The molecule has 1 atom stereocenters. The molecular formula is C20H24N6O2. The van der Waals surface area contributed by atoms with Crippen LogP contribution in [0.2, 0.25) is 0 Å². The summed E-state index contributed by atoms with van der Waals surface area (Å²) in [6.45, 7) is 5.13. The highest BCUT2D eigenvalue weighted by atomic mass is 16.6. The molecule has 5 rings (SSSR count). The standard InChI is InChI=1S/C20H24N6O2/c1-2-16(12-21-7-1)18-3-4-19-22-23-20(26(19)24-18)15-5-8-25(9-6-15)13-17-14-27-10-11-28-17/h1-4,7,12,15,17H,5-6,8-11,13-14H2. The van der Waals surface area contributed by atoms with Crippen molar-refractivity contribution in [2.24, 2.45) is 0 Å². The third-order valence-electron chi connectivity index (χ3n) is 5.54. The molecule has 2 aliphatic rings. The molecule has 0 saturated carbocycles. The zero-order valence-corrected chi connectivity index (χ0v) is 15.8. The summed E-state index contributed by atoms with van der Waals surface area (Å²) < 4.78 is 13.2. The Morgan fingerprint density at radius 3 is 2.79 bits per heavy atom. The fourth-order valence-corrected chi connectivity index (χ4v) is 4.03. The van der Waals surface area contributed by atoms with Crippen molar-refractivity contribution in [1.29, 1.82) is 0 Å². The van der Waals surface area contributed by atoms with Crippen LogP contribution >= 0.6 is 0 Å². The second-order valence-electron chi connectivity index (χ2n) is 7.43. The summed E-state index contributed by atoms with van der Waals surface area (Å²) in [5.74, 6) is 1.32. The average Bonchev–Trinajstić information content (AvgIpc) is 3.19. The molecule has 8 heteroatoms. The quantitative estimate of drug-likeness (QED) is 0.683. The maximum atomic E-state index is 5.78. The fourth-order valence-electron chi connectivity index (χ4n) is 4.03. The molecule has 0 aliphatic carbocycles. The van der Waals surface area contributed by atoms with Gasteiger partial charge in [-0.2, -0.15) is 9.61 Å². The van der Waals surface area contributed by atoms with Gasteiger partial charge in [-0.15, -0.1) is 10.2 Å². The second-order valence-corrected chi connectivity index (χ2v) is 7.43. The van der Waals surface area contributed by atoms with Gasteiger partial charge in [0.25, 0.3) is 0 Å². The molecule has 1 unspecified atom stereocenters. The molecule has 0 radical (unpaired) electrons. The van der Waals surface area contributed by atoms with Crippen molar-refractivity contribution in [3.63, 3.8) is 0 Å². The Hall–Kier alpha value is -2.42. The fraction of sp³-hybridized carbons (Fsp3) is 0.500. The van der Waals surface area contributed by atoms with Gasteiger partial charge in [0.1, 0.15) is 0 Å². The summed E-state index contributed by atoms with van der Waals surface area (Å²) in [5, 5.41) is 13.6. The van der Waals surface area contributed by atoms with Crippen molar-refractivity contribution in [3.05, 3.63) is 42.5 Å². The van der Waals surface area contributed by atoms with Crippen LogP contribution in [0.4, 0.5) is 0 Å². The van der Waals surface area contributed by atoms with Crippen molar-refractivity contribution in [3.8, 4) is 11.3 Å². The molecule has 8 nitrogen and oxygen atoms in total. The maximum absolute atomic E-state index is 5.78. The highest BCUT2D eigenvalue weighted by molar-refractivity contribution is 5.58. The van der Waals surface area contributed by atoms with Gasteiger partial charge < -0.3 is 14.4 Å². The number of pyridine rings is 1. The van der Waals surface area contributed by atoms with Gasteiger partial charge in [0.2, 0.25) is 0 Å². The van der Waals surface area contributed by atoms with E-state index in [0.29, 0.717) is 25.7 Å². The minimum atomic E-state index is 0.197. The minimum Gasteiger partial charge on any atom is -0.376 e. The molecule has 0 bridgehead atoms. The van der Waals surface area contributed by atoms with Crippen molar-refractivity contribution in [2.45, 2.75) is 24.9 Å². The van der Waals surface area contributed by atoms with E-state index in [9.17, 15) is 0 Å². The lowest BCUT2D eigenvalue weighted by atomic mass is 9.96. The lowest BCUT2D eigenvalue weighted by Crippen LogP contribution is -2.43. The Morgan fingerprint density at radius 2 is 2.00 bits per heavy atom. The molecule has 2 saturated heterocycles. The maximum Gasteiger partial charge on any atom is 0.177 e. The molecule has 3 aromatic heterocycles. The molecular weight excluding hydrogens is 356 g/mol. The zero-order chi connectivity index (χ0) is 18.8. The SMILES string of the molecule is c1cncc(-c2ccc3nnc(C4CCN(CC5COCCO5)CC4)n3n2)c1. The zero-order valence-electron chi connectivity index (χ0n) is 15.8. The third kappa shape index (κ3) is 3.63. The Morgan fingerprint density at radius 1 is 1.07 bits per heavy atom. The molecule has 0 aromatic carbocycles. The van der Waals surface area contributed by atoms with Crippen molar-refractivity contribution in [2.75, 3.05) is 39.5 Å². The number of nitrogens with zero attached hydrogens (tertiary/aromatic N) is 6. The van der Waals surface area contributed by atoms with Crippen LogP contribution in [0.3, 0.4) is 0 Å². The summed E-state index contributed by atoms with van der Waals surface area (Å²) in [4.78, 5) is 6.66. The van der Waals surface area contributed by atoms with E-state index >= 15 is 0 Å². The summed E-state index contributed by atoms with van der Waals surface area (Å²) in [6, 6.07) is 7.88. The van der Waals surface area contributed by atoms with Crippen LogP contribution in [0.25, 0.3) is 16.9 Å². The van der Waals surface area contributed by atoms with Gasteiger partial charge in [0.15, 0.2) is 11.5 Å². The first-order chi connectivity index (χ1) is 13.9. The molecule has 2 fully saturated rings. The van der Waals surface area contributed by atoms with E-state index in [1.165, 1.54) is 0 Å². The first-order valence-corrected chi connectivity index (χ1v) is 9.91. The highest BCUT2D eigenvalue weighted by Gasteiger charge is 2.27. The summed E-state index contributed by atoms with van der Waals surface area (Å²) >= 11 is 0. The molecule has 5 heterocycles. The molecule has 0 spiro atoms. The summed E-state index contributed by atoms with van der Waals surface area (Å²) in [7, 11) is 0. The topological polar surface area (TPSA) is 77.7 Å². The van der Waals surface area contributed by atoms with Crippen LogP contribution in [0.15, 0.2) is 36.7 Å². The molecule has 2 aliphatic heterocycles. The van der Waals surface area contributed by atoms with Crippen LogP contribution < -0.4 is 0 Å². The van der Waals surface area contributed by atoms with E-state index in [1.807, 2.05) is 35.0 Å². The van der Waals surface area contributed by atoms with E-state index in [2.05, 4.69) is 20.1 Å². The van der Waals surface area contributed by atoms with Gasteiger partial charge in [-0.1, -0.05) is 0 Å². The predicted octanol–water partition coefficient (Wildman–Crippen LogP) is 1.78. The first kappa shape index (κ1) is 17.7. The number of likely N-dealkylation sites (tertiary alicyclic amines) is 1. The molecule has 0 amide bonds. The number of rotatable bonds is 4. The van der Waals surface area contributed by atoms with E-state index in [1.54, 1.807) is 6.20 Å².